The van der Waals surface area contributed by atoms with Crippen LogP contribution in [-0.4, -0.2) is 9.13 Å². The zero-order valence-corrected chi connectivity index (χ0v) is 23.1. The molecule has 1 fully saturated rings. The van der Waals surface area contributed by atoms with Crippen LogP contribution in [-0.2, 0) is 7.05 Å². The molecule has 6 aromatic rings. The van der Waals surface area contributed by atoms with Crippen molar-refractivity contribution in [1.29, 1.82) is 0 Å². The number of para-hydroxylation sites is 4. The van der Waals surface area contributed by atoms with Crippen LogP contribution in [0.25, 0.3) is 43.6 Å². The van der Waals surface area contributed by atoms with Gasteiger partial charge in [0, 0.05) is 45.7 Å². The lowest BCUT2D eigenvalue weighted by Crippen LogP contribution is -2.20. The quantitative estimate of drug-likeness (QED) is 0.208. The minimum atomic E-state index is 0.598. The van der Waals surface area contributed by atoms with E-state index in [0.29, 0.717) is 17.9 Å². The van der Waals surface area contributed by atoms with Crippen LogP contribution in [0.1, 0.15) is 86.8 Å². The Morgan fingerprint density at radius 1 is 0.513 bits per heavy atom. The molecule has 196 valence electrons. The second-order valence-corrected chi connectivity index (χ2v) is 12.3. The van der Waals surface area contributed by atoms with Crippen molar-refractivity contribution in [3.63, 3.8) is 0 Å². The largest absolute Gasteiger partial charge is 0.343 e. The first kappa shape index (κ1) is 23.4. The van der Waals surface area contributed by atoms with Crippen LogP contribution in [0.2, 0.25) is 0 Å². The normalized spacial score (nSPS) is 22.3. The van der Waals surface area contributed by atoms with Gasteiger partial charge in [0.05, 0.1) is 11.0 Å². The van der Waals surface area contributed by atoms with Crippen LogP contribution < -0.4 is 0 Å². The number of aromatic nitrogens is 2. The van der Waals surface area contributed by atoms with Gasteiger partial charge in [-0.2, -0.15) is 0 Å². The van der Waals surface area contributed by atoms with Crippen LogP contribution in [0.15, 0.2) is 84.9 Å². The summed E-state index contributed by atoms with van der Waals surface area (Å²) < 4.78 is 5.21. The molecule has 2 nitrogen and oxygen atoms in total. The highest BCUT2D eigenvalue weighted by atomic mass is 15.0. The predicted octanol–water partition coefficient (Wildman–Crippen LogP) is 10.4. The molecule has 0 amide bonds. The summed E-state index contributed by atoms with van der Waals surface area (Å²) in [5, 5.41) is 5.71. The van der Waals surface area contributed by atoms with Gasteiger partial charge in [-0.05, 0) is 67.2 Å². The van der Waals surface area contributed by atoms with E-state index in [2.05, 4.69) is 101 Å². The zero-order chi connectivity index (χ0) is 25.9. The highest BCUT2D eigenvalue weighted by molar-refractivity contribution is 6.10. The van der Waals surface area contributed by atoms with E-state index in [-0.39, 0.29) is 0 Å². The number of hydrogen-bond donors (Lipinski definition) is 0. The Kier molecular flexibility index (Phi) is 5.57. The third-order valence-electron chi connectivity index (χ3n) is 10.2. The van der Waals surface area contributed by atoms with E-state index < -0.39 is 0 Å². The van der Waals surface area contributed by atoms with Crippen LogP contribution in [0.5, 0.6) is 0 Å². The second-order valence-electron chi connectivity index (χ2n) is 12.3. The molecule has 2 aromatic heterocycles. The van der Waals surface area contributed by atoms with Crippen molar-refractivity contribution in [2.24, 2.45) is 7.05 Å². The molecule has 1 aliphatic carbocycles. The topological polar surface area (TPSA) is 9.86 Å². The molecular weight excluding hydrogens is 472 g/mol. The third-order valence-corrected chi connectivity index (χ3v) is 10.2. The summed E-state index contributed by atoms with van der Waals surface area (Å²) in [6.07, 6.45) is 11.8. The maximum atomic E-state index is 2.75. The molecule has 3 heterocycles. The first-order valence-electron chi connectivity index (χ1n) is 15.3. The fourth-order valence-electron chi connectivity index (χ4n) is 8.48. The summed E-state index contributed by atoms with van der Waals surface area (Å²) in [5.41, 5.74) is 8.96. The Bertz CT molecular complexity index is 1830. The van der Waals surface area contributed by atoms with Crippen molar-refractivity contribution in [1.82, 2.24) is 9.13 Å². The Hall–Kier alpha value is -3.52. The first-order chi connectivity index (χ1) is 19.3. The van der Waals surface area contributed by atoms with Crippen LogP contribution in [0.3, 0.4) is 0 Å². The lowest BCUT2D eigenvalue weighted by Gasteiger charge is -2.34. The summed E-state index contributed by atoms with van der Waals surface area (Å²) >= 11 is 0. The molecule has 8 rings (SSSR count). The molecule has 4 aromatic carbocycles. The molecule has 0 radical (unpaired) electrons. The average molecular weight is 511 g/mol. The van der Waals surface area contributed by atoms with Gasteiger partial charge >= 0.3 is 0 Å². The second kappa shape index (κ2) is 9.30. The van der Waals surface area contributed by atoms with Gasteiger partial charge in [0.25, 0.3) is 0 Å². The number of fused-ring (bicyclic) bond motifs is 10. The minimum absolute atomic E-state index is 0.598. The van der Waals surface area contributed by atoms with Gasteiger partial charge in [-0.25, -0.2) is 0 Å². The number of nitrogens with zero attached hydrogens (tertiary/aromatic N) is 2. The van der Waals surface area contributed by atoms with Crippen molar-refractivity contribution in [3.8, 4) is 0 Å². The Balaban J connectivity index is 1.19. The van der Waals surface area contributed by atoms with Gasteiger partial charge in [0.1, 0.15) is 0 Å². The van der Waals surface area contributed by atoms with Crippen LogP contribution in [0, 0.1) is 0 Å². The fourth-order valence-corrected chi connectivity index (χ4v) is 8.48. The molecule has 2 heteroatoms. The van der Waals surface area contributed by atoms with Gasteiger partial charge in [-0.1, -0.05) is 98.5 Å². The summed E-state index contributed by atoms with van der Waals surface area (Å²) in [5.74, 6) is 1.33. The van der Waals surface area contributed by atoms with Crippen LogP contribution in [0.4, 0.5) is 0 Å². The van der Waals surface area contributed by atoms with Gasteiger partial charge in [-0.3, -0.25) is 0 Å². The van der Waals surface area contributed by atoms with Gasteiger partial charge < -0.3 is 9.13 Å². The standard InChI is InChI=1S/C37H38N2/c1-38-34-22-7-5-16-30(34)32-20-10-18-28(36(32)38)25-12-3-2-4-13-26-24-27(15-9-14-25)39-35-23-8-6-17-31(35)33-21-11-19-29(26)37(33)39/h5-8,10-11,16-23,25-27H,2-4,9,12-15,24H2,1H3. The van der Waals surface area contributed by atoms with E-state index in [4.69, 9.17) is 0 Å². The molecule has 0 N–H and O–H groups in total. The average Bonchev–Trinajstić information content (AvgIpc) is 3.47. The Labute approximate surface area is 231 Å². The summed E-state index contributed by atoms with van der Waals surface area (Å²) in [6, 6.07) is 32.9. The fraction of sp³-hybridized carbons (Fsp3) is 0.351. The maximum Gasteiger partial charge on any atom is 0.0529 e. The first-order valence-corrected chi connectivity index (χ1v) is 15.3. The molecule has 3 atom stereocenters. The van der Waals surface area contributed by atoms with Crippen molar-refractivity contribution in [2.45, 2.75) is 75.7 Å². The molecule has 1 saturated carbocycles. The monoisotopic (exact) mass is 510 g/mol. The lowest BCUT2D eigenvalue weighted by molar-refractivity contribution is 0.352. The maximum absolute atomic E-state index is 2.75. The van der Waals surface area contributed by atoms with Gasteiger partial charge in [0.2, 0.25) is 0 Å². The molecule has 0 spiro atoms. The molecule has 2 aliphatic rings. The molecule has 39 heavy (non-hydrogen) atoms. The number of hydrogen-bond acceptors (Lipinski definition) is 0. The highest BCUT2D eigenvalue weighted by Crippen LogP contribution is 2.48. The van der Waals surface area contributed by atoms with Crippen molar-refractivity contribution in [3.05, 3.63) is 96.1 Å². The van der Waals surface area contributed by atoms with Crippen molar-refractivity contribution < 1.29 is 0 Å². The van der Waals surface area contributed by atoms with E-state index in [0.717, 1.165) is 0 Å². The van der Waals surface area contributed by atoms with E-state index >= 15 is 0 Å². The van der Waals surface area contributed by atoms with Crippen LogP contribution >= 0.6 is 0 Å². The van der Waals surface area contributed by atoms with E-state index in [1.165, 1.54) is 101 Å². The highest BCUT2D eigenvalue weighted by Gasteiger charge is 2.31. The number of aryl methyl sites for hydroxylation is 1. The molecule has 1 aliphatic heterocycles. The Morgan fingerprint density at radius 3 is 1.90 bits per heavy atom. The number of rotatable bonds is 1. The van der Waals surface area contributed by atoms with Crippen molar-refractivity contribution >= 4 is 43.6 Å². The van der Waals surface area contributed by atoms with E-state index in [1.807, 2.05) is 0 Å². The van der Waals surface area contributed by atoms with Gasteiger partial charge in [-0.15, -0.1) is 0 Å². The Morgan fingerprint density at radius 2 is 1.10 bits per heavy atom. The van der Waals surface area contributed by atoms with E-state index in [1.54, 1.807) is 11.1 Å². The lowest BCUT2D eigenvalue weighted by atomic mass is 9.80. The molecule has 2 bridgehead atoms. The van der Waals surface area contributed by atoms with Crippen molar-refractivity contribution in [2.75, 3.05) is 0 Å². The predicted molar refractivity (Wildman–Crippen MR) is 166 cm³/mol. The number of benzene rings is 4. The summed E-state index contributed by atoms with van der Waals surface area (Å²) in [4.78, 5) is 0. The minimum Gasteiger partial charge on any atom is -0.343 e. The van der Waals surface area contributed by atoms with E-state index in [9.17, 15) is 0 Å². The third kappa shape index (κ3) is 3.60. The zero-order valence-electron chi connectivity index (χ0n) is 23.1. The SMILES string of the molecule is Cn1c2ccccc2c2cccc(C3CCCCCC4CC(CCC3)n3c5ccccc5c5cccc4c53)c21. The van der Waals surface area contributed by atoms with Gasteiger partial charge in [0.15, 0.2) is 0 Å². The molecular formula is C37H38N2. The molecule has 0 saturated heterocycles. The molecule has 3 unspecified atom stereocenters. The smallest absolute Gasteiger partial charge is 0.0529 e. The summed E-state index contributed by atoms with van der Waals surface area (Å²) in [6.45, 7) is 0. The summed E-state index contributed by atoms with van der Waals surface area (Å²) in [7, 11) is 2.27.